The summed E-state index contributed by atoms with van der Waals surface area (Å²) in [5.74, 6) is 0.819. The zero-order chi connectivity index (χ0) is 29.3. The molecule has 1 N–H and O–H groups in total. The summed E-state index contributed by atoms with van der Waals surface area (Å²) in [6.07, 6.45) is 2.14. The first kappa shape index (κ1) is 28.7. The van der Waals surface area contributed by atoms with E-state index in [4.69, 9.17) is 16.3 Å². The lowest BCUT2D eigenvalue weighted by molar-refractivity contribution is -0.117. The van der Waals surface area contributed by atoms with E-state index in [2.05, 4.69) is 67.6 Å². The molecule has 1 aliphatic carbocycles. The molecule has 5 rings (SSSR count). The fourth-order valence-corrected chi connectivity index (χ4v) is 6.06. The van der Waals surface area contributed by atoms with Crippen molar-refractivity contribution in [1.29, 1.82) is 0 Å². The number of fused-ring (bicyclic) bond motifs is 1. The Labute approximate surface area is 248 Å². The second-order valence-corrected chi connectivity index (χ2v) is 11.5. The third-order valence-electron chi connectivity index (χ3n) is 8.06. The first-order valence-corrected chi connectivity index (χ1v) is 14.6. The molecule has 0 unspecified atom stereocenters. The largest absolute Gasteiger partial charge is 0.494 e. The number of nitrogens with zero attached hydrogens (tertiary/aromatic N) is 2. The van der Waals surface area contributed by atoms with Crippen LogP contribution in [0.15, 0.2) is 60.2 Å². The number of ether oxygens (including phenoxy) is 1. The van der Waals surface area contributed by atoms with E-state index in [-0.39, 0.29) is 5.91 Å². The van der Waals surface area contributed by atoms with Crippen molar-refractivity contribution in [3.8, 4) is 16.9 Å². The third-order valence-corrected chi connectivity index (χ3v) is 8.65. The Hall–Kier alpha value is -3.83. The summed E-state index contributed by atoms with van der Waals surface area (Å²) < 4.78 is 8.05. The third kappa shape index (κ3) is 5.96. The molecule has 0 atom stereocenters. The summed E-state index contributed by atoms with van der Waals surface area (Å²) in [4.78, 5) is 13.7. The predicted octanol–water partition coefficient (Wildman–Crippen LogP) is 7.77. The van der Waals surface area contributed by atoms with Crippen molar-refractivity contribution in [2.24, 2.45) is 7.05 Å². The molecule has 41 heavy (non-hydrogen) atoms. The highest BCUT2D eigenvalue weighted by molar-refractivity contribution is 6.32. The summed E-state index contributed by atoms with van der Waals surface area (Å²) in [6, 6.07) is 18.6. The molecule has 3 aromatic carbocycles. The number of nitrogens with one attached hydrogen (secondary N) is 1. The number of aromatic nitrogens is 2. The van der Waals surface area contributed by atoms with Gasteiger partial charge in [-0.25, -0.2) is 0 Å². The second-order valence-electron chi connectivity index (χ2n) is 11.1. The maximum absolute atomic E-state index is 13.7. The van der Waals surface area contributed by atoms with Gasteiger partial charge in [-0.2, -0.15) is 5.10 Å². The van der Waals surface area contributed by atoms with Gasteiger partial charge in [0.2, 0.25) is 5.91 Å². The van der Waals surface area contributed by atoms with E-state index in [9.17, 15) is 4.79 Å². The van der Waals surface area contributed by atoms with Gasteiger partial charge in [0.25, 0.3) is 0 Å². The zero-order valence-electron chi connectivity index (χ0n) is 24.8. The van der Waals surface area contributed by atoms with Gasteiger partial charge in [0.1, 0.15) is 5.75 Å². The summed E-state index contributed by atoms with van der Waals surface area (Å²) in [5.41, 5.74) is 13.0. The number of hydrogen-bond donors (Lipinski definition) is 1. The Morgan fingerprint density at radius 3 is 2.39 bits per heavy atom. The monoisotopic (exact) mass is 567 g/mol. The van der Waals surface area contributed by atoms with Crippen molar-refractivity contribution < 1.29 is 9.53 Å². The SMILES string of the molecule is Cc1cccc(CNC(=O)C2=C(CCCOc3cc(C)c(Cl)c(C)c3)c3cccc(-c4c(C)nn(C)c4C)c3C2)c1. The quantitative estimate of drug-likeness (QED) is 0.210. The summed E-state index contributed by atoms with van der Waals surface area (Å²) in [6.45, 7) is 11.3. The van der Waals surface area contributed by atoms with Crippen LogP contribution in [-0.2, 0) is 24.8 Å². The van der Waals surface area contributed by atoms with Crippen molar-refractivity contribution in [2.75, 3.05) is 6.61 Å². The fourth-order valence-electron chi connectivity index (χ4n) is 5.95. The molecule has 0 aliphatic heterocycles. The van der Waals surface area contributed by atoms with Crippen molar-refractivity contribution in [2.45, 2.75) is 60.4 Å². The Morgan fingerprint density at radius 1 is 1.00 bits per heavy atom. The van der Waals surface area contributed by atoms with Crippen LogP contribution in [0.3, 0.4) is 0 Å². The molecule has 4 aromatic rings. The molecule has 0 bridgehead atoms. The number of amides is 1. The number of carbonyl (C=O) groups excluding carboxylic acids is 1. The number of carbonyl (C=O) groups is 1. The van der Waals surface area contributed by atoms with Gasteiger partial charge >= 0.3 is 0 Å². The van der Waals surface area contributed by atoms with Crippen LogP contribution < -0.4 is 10.1 Å². The molecule has 1 heterocycles. The van der Waals surface area contributed by atoms with Crippen LogP contribution in [0.1, 0.15) is 57.6 Å². The highest BCUT2D eigenvalue weighted by atomic mass is 35.5. The molecular weight excluding hydrogens is 530 g/mol. The molecule has 1 aliphatic rings. The van der Waals surface area contributed by atoms with Crippen LogP contribution in [0.25, 0.3) is 16.7 Å². The van der Waals surface area contributed by atoms with Crippen LogP contribution >= 0.6 is 11.6 Å². The Kier molecular flexibility index (Phi) is 8.37. The lowest BCUT2D eigenvalue weighted by atomic mass is 9.93. The topological polar surface area (TPSA) is 56.1 Å². The second kappa shape index (κ2) is 12.0. The maximum atomic E-state index is 13.7. The van der Waals surface area contributed by atoms with Crippen LogP contribution in [0.2, 0.25) is 5.02 Å². The Balaban J connectivity index is 1.41. The molecule has 0 saturated carbocycles. The molecule has 212 valence electrons. The van der Waals surface area contributed by atoms with Gasteiger partial charge in [-0.1, -0.05) is 59.6 Å². The Bertz CT molecular complexity index is 1640. The lowest BCUT2D eigenvalue weighted by Gasteiger charge is -2.13. The minimum atomic E-state index is -0.00634. The van der Waals surface area contributed by atoms with Gasteiger partial charge in [-0.05, 0) is 98.5 Å². The van der Waals surface area contributed by atoms with Gasteiger partial charge in [0.15, 0.2) is 0 Å². The van der Waals surface area contributed by atoms with Crippen molar-refractivity contribution >= 4 is 23.1 Å². The van der Waals surface area contributed by atoms with Gasteiger partial charge in [0, 0.05) is 41.9 Å². The van der Waals surface area contributed by atoms with Crippen molar-refractivity contribution in [3.63, 3.8) is 0 Å². The van der Waals surface area contributed by atoms with E-state index in [0.29, 0.717) is 19.6 Å². The minimum absolute atomic E-state index is 0.00634. The average Bonchev–Trinajstić information content (AvgIpc) is 3.44. The van der Waals surface area contributed by atoms with E-state index in [1.807, 2.05) is 43.8 Å². The molecule has 0 spiro atoms. The van der Waals surface area contributed by atoms with Crippen molar-refractivity contribution in [1.82, 2.24) is 15.1 Å². The summed E-state index contributed by atoms with van der Waals surface area (Å²) in [7, 11) is 1.98. The Morgan fingerprint density at radius 2 is 1.71 bits per heavy atom. The number of benzene rings is 3. The van der Waals surface area contributed by atoms with E-state index in [1.54, 1.807) is 0 Å². The number of allylic oxidation sites excluding steroid dienone is 1. The molecule has 0 fully saturated rings. The van der Waals surface area contributed by atoms with E-state index in [0.717, 1.165) is 79.5 Å². The number of hydrogen-bond acceptors (Lipinski definition) is 3. The van der Waals surface area contributed by atoms with E-state index >= 15 is 0 Å². The van der Waals surface area contributed by atoms with Crippen LogP contribution in [0.5, 0.6) is 5.75 Å². The summed E-state index contributed by atoms with van der Waals surface area (Å²) >= 11 is 6.34. The van der Waals surface area contributed by atoms with Gasteiger partial charge < -0.3 is 10.1 Å². The average molecular weight is 568 g/mol. The zero-order valence-corrected chi connectivity index (χ0v) is 25.6. The van der Waals surface area contributed by atoms with Crippen LogP contribution in [0.4, 0.5) is 0 Å². The molecule has 0 radical (unpaired) electrons. The fraction of sp³-hybridized carbons (Fsp3) is 0.314. The first-order valence-electron chi connectivity index (χ1n) is 14.2. The molecule has 5 nitrogen and oxygen atoms in total. The number of aryl methyl sites for hydroxylation is 5. The maximum Gasteiger partial charge on any atom is 0.248 e. The number of rotatable bonds is 9. The predicted molar refractivity (Wildman–Crippen MR) is 167 cm³/mol. The highest BCUT2D eigenvalue weighted by Gasteiger charge is 2.29. The lowest BCUT2D eigenvalue weighted by Crippen LogP contribution is -2.25. The molecule has 0 saturated heterocycles. The van der Waals surface area contributed by atoms with Crippen LogP contribution in [0, 0.1) is 34.6 Å². The normalized spacial score (nSPS) is 12.6. The first-order chi connectivity index (χ1) is 19.6. The van der Waals surface area contributed by atoms with Gasteiger partial charge in [-0.15, -0.1) is 0 Å². The van der Waals surface area contributed by atoms with E-state index < -0.39 is 0 Å². The molecule has 6 heteroatoms. The van der Waals surface area contributed by atoms with E-state index in [1.165, 1.54) is 11.1 Å². The minimum Gasteiger partial charge on any atom is -0.494 e. The smallest absolute Gasteiger partial charge is 0.248 e. The van der Waals surface area contributed by atoms with Gasteiger partial charge in [0.05, 0.1) is 12.3 Å². The van der Waals surface area contributed by atoms with Crippen LogP contribution in [-0.4, -0.2) is 22.3 Å². The molecule has 1 aromatic heterocycles. The van der Waals surface area contributed by atoms with Gasteiger partial charge in [-0.3, -0.25) is 9.48 Å². The molecule has 1 amide bonds. The molecular formula is C35H38ClN3O2. The standard InChI is InChI=1S/C35H38ClN3O2/c1-21-10-7-11-26(16-21)20-37-35(40)32-19-31-28(12-8-13-30(31)33-24(4)38-39(6)25(33)5)29(32)14-9-15-41-27-17-22(2)34(36)23(3)18-27/h7-8,10-13,16-18H,9,14-15,19-20H2,1-6H3,(H,37,40). The highest BCUT2D eigenvalue weighted by Crippen LogP contribution is 2.42. The van der Waals surface area contributed by atoms with Crippen molar-refractivity contribution in [3.05, 3.63) is 110 Å². The number of halogens is 1. The summed E-state index contributed by atoms with van der Waals surface area (Å²) in [5, 5.41) is 8.64.